The molecule has 4 heteroatoms. The number of hydrogen-bond acceptors (Lipinski definition) is 2. The molecule has 0 amide bonds. The van der Waals surface area contributed by atoms with Gasteiger partial charge in [0.15, 0.2) is 0 Å². The summed E-state index contributed by atoms with van der Waals surface area (Å²) in [5.74, 6) is 0. The maximum Gasteiger partial charge on any atom is 0.107 e. The van der Waals surface area contributed by atoms with Crippen molar-refractivity contribution in [1.29, 1.82) is 0 Å². The minimum Gasteiger partial charge on any atom is -0.384 e. The summed E-state index contributed by atoms with van der Waals surface area (Å²) in [5, 5.41) is 14.2. The van der Waals surface area contributed by atoms with Crippen molar-refractivity contribution in [3.05, 3.63) is 68.5 Å². The molecule has 0 spiro atoms. The lowest BCUT2D eigenvalue weighted by molar-refractivity contribution is 0.222. The summed E-state index contributed by atoms with van der Waals surface area (Å²) < 4.78 is 2.08. The molecule has 0 aliphatic carbocycles. The van der Waals surface area contributed by atoms with E-state index in [4.69, 9.17) is 11.6 Å². The zero-order valence-electron chi connectivity index (χ0n) is 9.81. The maximum absolute atomic E-state index is 10.6. The lowest BCUT2D eigenvalue weighted by Gasteiger charge is -2.12. The molecule has 0 aliphatic heterocycles. The van der Waals surface area contributed by atoms with Crippen LogP contribution >= 0.6 is 38.9 Å². The van der Waals surface area contributed by atoms with E-state index < -0.39 is 6.10 Å². The van der Waals surface area contributed by atoms with E-state index in [1.165, 1.54) is 4.70 Å². The fraction of sp³-hybridized carbons (Fsp3) is 0.0667. The normalized spacial score (nSPS) is 12.8. The zero-order valence-corrected chi connectivity index (χ0v) is 13.0. The maximum atomic E-state index is 10.6. The molecule has 96 valence electrons. The third kappa shape index (κ3) is 2.43. The monoisotopic (exact) mass is 352 g/mol. The van der Waals surface area contributed by atoms with E-state index >= 15 is 0 Å². The van der Waals surface area contributed by atoms with Crippen molar-refractivity contribution in [2.24, 2.45) is 0 Å². The highest BCUT2D eigenvalue weighted by atomic mass is 79.9. The first kappa shape index (κ1) is 13.1. The van der Waals surface area contributed by atoms with Crippen LogP contribution in [0.3, 0.4) is 0 Å². The Morgan fingerprint density at radius 3 is 2.68 bits per heavy atom. The second-order valence-corrected chi connectivity index (χ2v) is 6.49. The Morgan fingerprint density at radius 2 is 1.89 bits per heavy atom. The number of aliphatic hydroxyl groups excluding tert-OH is 1. The standard InChI is InChI=1S/C15H10BrClOS/c16-9-5-6-11(13(17)7-9)15(18)12-8-19-14-4-2-1-3-10(12)14/h1-8,15,18H. The van der Waals surface area contributed by atoms with Gasteiger partial charge >= 0.3 is 0 Å². The number of halogens is 2. The molecular formula is C15H10BrClOS. The summed E-state index contributed by atoms with van der Waals surface area (Å²) >= 11 is 11.2. The Bertz CT molecular complexity index is 738. The molecule has 1 heterocycles. The Balaban J connectivity index is 2.10. The van der Waals surface area contributed by atoms with Crippen molar-refractivity contribution in [2.45, 2.75) is 6.10 Å². The van der Waals surface area contributed by atoms with Crippen LogP contribution in [0.4, 0.5) is 0 Å². The highest BCUT2D eigenvalue weighted by Gasteiger charge is 2.17. The van der Waals surface area contributed by atoms with Crippen LogP contribution in [0, 0.1) is 0 Å². The van der Waals surface area contributed by atoms with Crippen LogP contribution in [-0.2, 0) is 0 Å². The molecule has 0 radical (unpaired) electrons. The Hall–Kier alpha value is -0.870. The summed E-state index contributed by atoms with van der Waals surface area (Å²) in [6.45, 7) is 0. The second-order valence-electron chi connectivity index (χ2n) is 4.26. The average Bonchev–Trinajstić information content (AvgIpc) is 2.82. The molecule has 1 unspecified atom stereocenters. The highest BCUT2D eigenvalue weighted by Crippen LogP contribution is 2.36. The van der Waals surface area contributed by atoms with Gasteiger partial charge in [-0.1, -0.05) is 51.8 Å². The lowest BCUT2D eigenvalue weighted by atomic mass is 10.0. The summed E-state index contributed by atoms with van der Waals surface area (Å²) in [6.07, 6.45) is -0.697. The molecule has 3 rings (SSSR count). The summed E-state index contributed by atoms with van der Waals surface area (Å²) in [7, 11) is 0. The van der Waals surface area contributed by atoms with Crippen LogP contribution in [0.2, 0.25) is 5.02 Å². The molecule has 1 atom stereocenters. The van der Waals surface area contributed by atoms with Crippen molar-refractivity contribution in [2.75, 3.05) is 0 Å². The molecular weight excluding hydrogens is 344 g/mol. The van der Waals surface area contributed by atoms with Crippen molar-refractivity contribution in [1.82, 2.24) is 0 Å². The molecule has 0 fully saturated rings. The topological polar surface area (TPSA) is 20.2 Å². The predicted octanol–water partition coefficient (Wildman–Crippen LogP) is 5.40. The van der Waals surface area contributed by atoms with Crippen LogP contribution in [-0.4, -0.2) is 5.11 Å². The fourth-order valence-corrected chi connectivity index (χ4v) is 3.86. The van der Waals surface area contributed by atoms with Crippen molar-refractivity contribution in [3.63, 3.8) is 0 Å². The van der Waals surface area contributed by atoms with E-state index in [2.05, 4.69) is 22.0 Å². The van der Waals surface area contributed by atoms with Crippen LogP contribution in [0.5, 0.6) is 0 Å². The number of rotatable bonds is 2. The van der Waals surface area contributed by atoms with Gasteiger partial charge in [-0.05, 0) is 29.0 Å². The molecule has 1 nitrogen and oxygen atoms in total. The summed E-state index contributed by atoms with van der Waals surface area (Å²) in [4.78, 5) is 0. The first-order valence-corrected chi connectivity index (χ1v) is 7.81. The van der Waals surface area contributed by atoms with Crippen LogP contribution in [0.15, 0.2) is 52.3 Å². The molecule has 0 saturated heterocycles. The van der Waals surface area contributed by atoms with Crippen LogP contribution < -0.4 is 0 Å². The first-order chi connectivity index (χ1) is 9.16. The number of aliphatic hydroxyl groups is 1. The quantitative estimate of drug-likeness (QED) is 0.654. The largest absolute Gasteiger partial charge is 0.384 e. The van der Waals surface area contributed by atoms with Crippen molar-refractivity contribution < 1.29 is 5.11 Å². The molecule has 1 aromatic heterocycles. The van der Waals surface area contributed by atoms with Gasteiger partial charge in [0, 0.05) is 25.3 Å². The minimum absolute atomic E-state index is 0.567. The second kappa shape index (κ2) is 5.25. The van der Waals surface area contributed by atoms with E-state index in [-0.39, 0.29) is 0 Å². The summed E-state index contributed by atoms with van der Waals surface area (Å²) in [6, 6.07) is 13.6. The Labute approximate surface area is 128 Å². The van der Waals surface area contributed by atoms with Gasteiger partial charge in [0.05, 0.1) is 0 Å². The molecule has 0 bridgehead atoms. The van der Waals surface area contributed by atoms with Crippen LogP contribution in [0.25, 0.3) is 10.1 Å². The van der Waals surface area contributed by atoms with Gasteiger partial charge in [-0.25, -0.2) is 0 Å². The molecule has 0 aliphatic rings. The average molecular weight is 354 g/mol. The van der Waals surface area contributed by atoms with Gasteiger partial charge in [-0.2, -0.15) is 0 Å². The predicted molar refractivity (Wildman–Crippen MR) is 85.0 cm³/mol. The van der Waals surface area contributed by atoms with Gasteiger partial charge in [0.2, 0.25) is 0 Å². The van der Waals surface area contributed by atoms with Crippen molar-refractivity contribution in [3.8, 4) is 0 Å². The highest BCUT2D eigenvalue weighted by molar-refractivity contribution is 9.10. The van der Waals surface area contributed by atoms with Gasteiger partial charge < -0.3 is 5.11 Å². The summed E-state index contributed by atoms with van der Waals surface area (Å²) in [5.41, 5.74) is 1.64. The minimum atomic E-state index is -0.697. The van der Waals surface area contributed by atoms with Gasteiger partial charge in [0.25, 0.3) is 0 Å². The number of benzene rings is 2. The smallest absolute Gasteiger partial charge is 0.107 e. The van der Waals surface area contributed by atoms with Crippen LogP contribution in [0.1, 0.15) is 17.2 Å². The molecule has 0 saturated carbocycles. The van der Waals surface area contributed by atoms with Gasteiger partial charge in [-0.3, -0.25) is 0 Å². The molecule has 3 aromatic rings. The van der Waals surface area contributed by atoms with E-state index in [0.717, 1.165) is 21.0 Å². The Kier molecular flexibility index (Phi) is 3.63. The molecule has 2 aromatic carbocycles. The van der Waals surface area contributed by atoms with Gasteiger partial charge in [0.1, 0.15) is 6.10 Å². The lowest BCUT2D eigenvalue weighted by Crippen LogP contribution is -1.99. The number of hydrogen-bond donors (Lipinski definition) is 1. The van der Waals surface area contributed by atoms with Gasteiger partial charge in [-0.15, -0.1) is 11.3 Å². The van der Waals surface area contributed by atoms with E-state index in [0.29, 0.717) is 5.02 Å². The zero-order chi connectivity index (χ0) is 13.4. The number of thiophene rings is 1. The Morgan fingerprint density at radius 1 is 1.11 bits per heavy atom. The third-order valence-corrected chi connectivity index (χ3v) is 4.86. The van der Waals surface area contributed by atoms with E-state index in [9.17, 15) is 5.11 Å². The molecule has 19 heavy (non-hydrogen) atoms. The van der Waals surface area contributed by atoms with Crippen molar-refractivity contribution >= 4 is 49.0 Å². The fourth-order valence-electron chi connectivity index (χ4n) is 2.10. The first-order valence-electron chi connectivity index (χ1n) is 5.76. The third-order valence-electron chi connectivity index (χ3n) is 3.06. The van der Waals surface area contributed by atoms with E-state index in [1.807, 2.05) is 35.7 Å². The SMILES string of the molecule is OC(c1ccc(Br)cc1Cl)c1csc2ccccc12. The number of fused-ring (bicyclic) bond motifs is 1. The molecule has 1 N–H and O–H groups in total. The van der Waals surface area contributed by atoms with E-state index in [1.54, 1.807) is 17.4 Å².